The van der Waals surface area contributed by atoms with Crippen molar-refractivity contribution in [1.82, 2.24) is 5.32 Å². The summed E-state index contributed by atoms with van der Waals surface area (Å²) < 4.78 is 5.49. The van der Waals surface area contributed by atoms with Gasteiger partial charge in [-0.05, 0) is 30.5 Å². The number of methoxy groups -OCH3 is 1. The highest BCUT2D eigenvalue weighted by Crippen LogP contribution is 2.33. The minimum absolute atomic E-state index is 0.0356. The second-order valence-electron chi connectivity index (χ2n) is 4.00. The zero-order valence-corrected chi connectivity index (χ0v) is 12.9. The van der Waals surface area contributed by atoms with Crippen molar-refractivity contribution >= 4 is 40.2 Å². The Kier molecular flexibility index (Phi) is 4.99. The summed E-state index contributed by atoms with van der Waals surface area (Å²) in [4.78, 5) is 13.8. The van der Waals surface area contributed by atoms with Crippen molar-refractivity contribution < 1.29 is 9.53 Å². The second kappa shape index (κ2) is 6.52. The molecule has 2 aromatic rings. The smallest absolute Gasteiger partial charge is 0.322 e. The van der Waals surface area contributed by atoms with Crippen molar-refractivity contribution in [2.45, 2.75) is 19.0 Å². The van der Waals surface area contributed by atoms with Crippen molar-refractivity contribution in [2.24, 2.45) is 0 Å². The van der Waals surface area contributed by atoms with Crippen LogP contribution in [0, 0.1) is 0 Å². The van der Waals surface area contributed by atoms with Gasteiger partial charge in [0, 0.05) is 9.75 Å². The van der Waals surface area contributed by atoms with Crippen LogP contribution in [0.5, 0.6) is 0 Å². The molecular formula is C13H14ClNO2S2. The van der Waals surface area contributed by atoms with Crippen LogP contribution in [0.4, 0.5) is 0 Å². The first-order valence-electron chi connectivity index (χ1n) is 5.74. The van der Waals surface area contributed by atoms with Crippen LogP contribution in [0.2, 0.25) is 4.34 Å². The van der Waals surface area contributed by atoms with Gasteiger partial charge in [0.05, 0.1) is 17.5 Å². The monoisotopic (exact) mass is 315 g/mol. The lowest BCUT2D eigenvalue weighted by atomic mass is 10.1. The molecule has 2 heterocycles. The van der Waals surface area contributed by atoms with Gasteiger partial charge in [0.1, 0.15) is 6.04 Å². The quantitative estimate of drug-likeness (QED) is 0.855. The molecule has 0 amide bonds. The first kappa shape index (κ1) is 14.5. The normalized spacial score (nSPS) is 14.1. The molecule has 0 aliphatic carbocycles. The van der Waals surface area contributed by atoms with E-state index in [1.165, 1.54) is 18.4 Å². The van der Waals surface area contributed by atoms with Gasteiger partial charge < -0.3 is 4.74 Å². The van der Waals surface area contributed by atoms with Gasteiger partial charge in [-0.3, -0.25) is 10.1 Å². The summed E-state index contributed by atoms with van der Waals surface area (Å²) in [6.07, 6.45) is 0. The summed E-state index contributed by atoms with van der Waals surface area (Å²) in [6.45, 7) is 1.79. The van der Waals surface area contributed by atoms with Crippen molar-refractivity contribution in [3.05, 3.63) is 43.7 Å². The maximum atomic E-state index is 11.5. The Balaban J connectivity index is 2.23. The summed E-state index contributed by atoms with van der Waals surface area (Å²) in [7, 11) is 1.39. The Bertz CT molecular complexity index is 539. The molecule has 19 heavy (non-hydrogen) atoms. The fourth-order valence-corrected chi connectivity index (χ4v) is 3.76. The summed E-state index contributed by atoms with van der Waals surface area (Å²) >= 11 is 9.15. The molecule has 0 aliphatic rings. The molecule has 0 saturated heterocycles. The molecule has 0 spiro atoms. The van der Waals surface area contributed by atoms with Gasteiger partial charge in [0.25, 0.3) is 0 Å². The molecule has 0 bridgehead atoms. The fourth-order valence-electron chi connectivity index (χ4n) is 1.74. The van der Waals surface area contributed by atoms with Crippen molar-refractivity contribution in [1.29, 1.82) is 0 Å². The Morgan fingerprint density at radius 1 is 1.37 bits per heavy atom. The number of hydrogen-bond acceptors (Lipinski definition) is 5. The molecule has 0 aromatic carbocycles. The maximum absolute atomic E-state index is 11.5. The zero-order chi connectivity index (χ0) is 13.8. The van der Waals surface area contributed by atoms with Gasteiger partial charge >= 0.3 is 5.97 Å². The Morgan fingerprint density at radius 3 is 2.68 bits per heavy atom. The maximum Gasteiger partial charge on any atom is 0.322 e. The number of carbonyl (C=O) groups is 1. The van der Waals surface area contributed by atoms with E-state index in [1.54, 1.807) is 18.3 Å². The first-order valence-corrected chi connectivity index (χ1v) is 7.81. The molecular weight excluding hydrogens is 302 g/mol. The van der Waals surface area contributed by atoms with Crippen molar-refractivity contribution in [3.63, 3.8) is 0 Å². The van der Waals surface area contributed by atoms with Crippen LogP contribution in [0.15, 0.2) is 29.6 Å². The van der Waals surface area contributed by atoms with Crippen LogP contribution in [-0.4, -0.2) is 19.1 Å². The molecule has 102 valence electrons. The van der Waals surface area contributed by atoms with Crippen LogP contribution in [-0.2, 0) is 9.53 Å². The number of hydrogen-bond donors (Lipinski definition) is 1. The fraction of sp³-hybridized carbons (Fsp3) is 0.308. The van der Waals surface area contributed by atoms with E-state index in [1.807, 2.05) is 29.6 Å². The van der Waals surface area contributed by atoms with E-state index >= 15 is 0 Å². The third-order valence-electron chi connectivity index (χ3n) is 2.68. The SMILES string of the molecule is COC(=O)[C@H](C)NC(c1cccs1)c1ccc(Cl)s1. The molecule has 2 aromatic heterocycles. The van der Waals surface area contributed by atoms with E-state index in [0.717, 1.165) is 14.1 Å². The topological polar surface area (TPSA) is 38.3 Å². The van der Waals surface area contributed by atoms with E-state index in [0.29, 0.717) is 0 Å². The van der Waals surface area contributed by atoms with Gasteiger partial charge in [-0.25, -0.2) is 0 Å². The van der Waals surface area contributed by atoms with E-state index in [4.69, 9.17) is 16.3 Å². The van der Waals surface area contributed by atoms with E-state index in [2.05, 4.69) is 5.32 Å². The summed E-state index contributed by atoms with van der Waals surface area (Å²) in [6, 6.07) is 7.47. The Hall–Kier alpha value is -0.880. The predicted octanol–water partition coefficient (Wildman–Crippen LogP) is 3.70. The Labute approximate surface area is 125 Å². The summed E-state index contributed by atoms with van der Waals surface area (Å²) in [5, 5.41) is 5.30. The van der Waals surface area contributed by atoms with Gasteiger partial charge in [0.2, 0.25) is 0 Å². The van der Waals surface area contributed by atoms with E-state index in [-0.39, 0.29) is 18.1 Å². The Morgan fingerprint density at radius 2 is 2.16 bits per heavy atom. The highest BCUT2D eigenvalue weighted by molar-refractivity contribution is 7.16. The van der Waals surface area contributed by atoms with Crippen LogP contribution >= 0.6 is 34.3 Å². The van der Waals surface area contributed by atoms with Crippen molar-refractivity contribution in [3.8, 4) is 0 Å². The third kappa shape index (κ3) is 3.57. The molecule has 6 heteroatoms. The van der Waals surface area contributed by atoms with Gasteiger partial charge in [-0.2, -0.15) is 0 Å². The number of thiophene rings is 2. The number of nitrogens with one attached hydrogen (secondary N) is 1. The zero-order valence-electron chi connectivity index (χ0n) is 10.6. The minimum atomic E-state index is -0.377. The molecule has 1 N–H and O–H groups in total. The van der Waals surface area contributed by atoms with Crippen LogP contribution in [0.25, 0.3) is 0 Å². The minimum Gasteiger partial charge on any atom is -0.468 e. The molecule has 1 unspecified atom stereocenters. The van der Waals surface area contributed by atoms with E-state index in [9.17, 15) is 4.79 Å². The molecule has 0 radical (unpaired) electrons. The number of carbonyl (C=O) groups excluding carboxylic acids is 1. The van der Waals surface area contributed by atoms with Gasteiger partial charge in [-0.15, -0.1) is 22.7 Å². The molecule has 0 saturated carbocycles. The number of ether oxygens (including phenoxy) is 1. The van der Waals surface area contributed by atoms with Gasteiger partial charge in [-0.1, -0.05) is 17.7 Å². The summed E-state index contributed by atoms with van der Waals surface area (Å²) in [5.74, 6) is -0.274. The van der Waals surface area contributed by atoms with Crippen LogP contribution < -0.4 is 5.32 Å². The lowest BCUT2D eigenvalue weighted by Crippen LogP contribution is -2.37. The van der Waals surface area contributed by atoms with Crippen LogP contribution in [0.3, 0.4) is 0 Å². The second-order valence-corrected chi connectivity index (χ2v) is 6.73. The highest BCUT2D eigenvalue weighted by Gasteiger charge is 2.23. The molecule has 3 nitrogen and oxygen atoms in total. The first-order chi connectivity index (χ1) is 9.11. The van der Waals surface area contributed by atoms with E-state index < -0.39 is 0 Å². The van der Waals surface area contributed by atoms with Crippen LogP contribution in [0.1, 0.15) is 22.7 Å². The summed E-state index contributed by atoms with van der Waals surface area (Å²) in [5.41, 5.74) is 0. The third-order valence-corrected chi connectivity index (χ3v) is 4.91. The average Bonchev–Trinajstić information content (AvgIpc) is 3.06. The predicted molar refractivity (Wildman–Crippen MR) is 80.1 cm³/mol. The average molecular weight is 316 g/mol. The highest BCUT2D eigenvalue weighted by atomic mass is 35.5. The van der Waals surface area contributed by atoms with Crippen molar-refractivity contribution in [2.75, 3.05) is 7.11 Å². The number of rotatable bonds is 5. The molecule has 0 aliphatic heterocycles. The lowest BCUT2D eigenvalue weighted by Gasteiger charge is -2.20. The lowest BCUT2D eigenvalue weighted by molar-refractivity contribution is -0.142. The van der Waals surface area contributed by atoms with Gasteiger partial charge in [0.15, 0.2) is 0 Å². The number of esters is 1. The molecule has 2 rings (SSSR count). The standard InChI is InChI=1S/C13H14ClNO2S2/c1-8(13(16)17-2)15-12(9-4-3-7-18-9)10-5-6-11(14)19-10/h3-8,12,15H,1-2H3/t8-,12?/m0/s1. The molecule has 0 fully saturated rings. The number of halogens is 1. The largest absolute Gasteiger partial charge is 0.468 e. The molecule has 2 atom stereocenters.